The summed E-state index contributed by atoms with van der Waals surface area (Å²) in [5.41, 5.74) is 2.27. The summed E-state index contributed by atoms with van der Waals surface area (Å²) in [5.74, 6) is 1.20. The van der Waals surface area contributed by atoms with Crippen molar-refractivity contribution in [3.05, 3.63) is 83.9 Å². The van der Waals surface area contributed by atoms with Crippen molar-refractivity contribution >= 4 is 22.8 Å². The number of morpholine rings is 1. The van der Waals surface area contributed by atoms with E-state index < -0.39 is 6.10 Å². The molecule has 1 N–H and O–H groups in total. The largest absolute Gasteiger partial charge is 0.490 e. The molecule has 0 radical (unpaired) electrons. The quantitative estimate of drug-likeness (QED) is 0.467. The number of piperidine rings is 1. The fourth-order valence-corrected chi connectivity index (χ4v) is 5.37. The first-order valence-corrected chi connectivity index (χ1v) is 13.3. The van der Waals surface area contributed by atoms with Crippen molar-refractivity contribution in [1.29, 1.82) is 0 Å². The summed E-state index contributed by atoms with van der Waals surface area (Å²) in [6.45, 7) is 5.14. The van der Waals surface area contributed by atoms with Crippen molar-refractivity contribution in [2.24, 2.45) is 0 Å². The van der Waals surface area contributed by atoms with Crippen LogP contribution >= 0.6 is 0 Å². The third-order valence-electron chi connectivity index (χ3n) is 7.40. The van der Waals surface area contributed by atoms with Crippen molar-refractivity contribution in [3.63, 3.8) is 0 Å². The number of hydrogen-bond acceptors (Lipinski definition) is 5. The summed E-state index contributed by atoms with van der Waals surface area (Å²) < 4.78 is 11.3. The van der Waals surface area contributed by atoms with Gasteiger partial charge in [-0.25, -0.2) is 0 Å². The van der Waals surface area contributed by atoms with Gasteiger partial charge >= 0.3 is 0 Å². The molecule has 1 unspecified atom stereocenters. The molecule has 3 aromatic carbocycles. The van der Waals surface area contributed by atoms with E-state index in [1.54, 1.807) is 17.1 Å². The minimum atomic E-state index is -0.582. The van der Waals surface area contributed by atoms with Gasteiger partial charge in [-0.05, 0) is 60.3 Å². The molecule has 37 heavy (non-hydrogen) atoms. The molecule has 3 aromatic rings. The number of carbonyl (C=O) groups is 1. The summed E-state index contributed by atoms with van der Waals surface area (Å²) in [6.07, 6.45) is 4.97. The lowest BCUT2D eigenvalue weighted by Crippen LogP contribution is -2.40. The predicted octanol–water partition coefficient (Wildman–Crippen LogP) is 4.33. The van der Waals surface area contributed by atoms with E-state index in [-0.39, 0.29) is 12.5 Å². The van der Waals surface area contributed by atoms with Crippen molar-refractivity contribution in [2.45, 2.75) is 24.9 Å². The minimum absolute atomic E-state index is 0.0231. The third-order valence-corrected chi connectivity index (χ3v) is 7.40. The van der Waals surface area contributed by atoms with Gasteiger partial charge in [0, 0.05) is 31.3 Å². The number of aliphatic hydroxyl groups excluding tert-OH is 1. The number of fused-ring (bicyclic) bond motifs is 1. The second-order valence-electron chi connectivity index (χ2n) is 9.92. The fraction of sp³-hybridized carbons (Fsp3) is 0.387. The number of aliphatic hydroxyl groups is 1. The smallest absolute Gasteiger partial charge is 0.246 e. The van der Waals surface area contributed by atoms with Crippen LogP contribution in [0.4, 0.5) is 0 Å². The van der Waals surface area contributed by atoms with Crippen molar-refractivity contribution in [2.75, 3.05) is 52.5 Å². The van der Waals surface area contributed by atoms with E-state index in [0.717, 1.165) is 31.5 Å². The predicted molar refractivity (Wildman–Crippen MR) is 147 cm³/mol. The number of hydrogen-bond donors (Lipinski definition) is 1. The molecule has 6 nitrogen and oxygen atoms in total. The summed E-state index contributed by atoms with van der Waals surface area (Å²) in [7, 11) is 0. The number of carbonyl (C=O) groups excluding carboxylic acids is 1. The van der Waals surface area contributed by atoms with E-state index in [9.17, 15) is 9.90 Å². The second kappa shape index (κ2) is 12.4. The molecule has 1 amide bonds. The number of para-hydroxylation sites is 1. The van der Waals surface area contributed by atoms with Crippen LogP contribution in [0, 0.1) is 0 Å². The molecule has 0 bridgehead atoms. The standard InChI is InChI=1S/C31H36N2O4/c34-27(22-32-16-14-25(15-17-32)29-10-5-8-24-6-1-3-9-28(24)29)23-37-30-11-4-2-7-26(30)12-13-31(35)33-18-20-36-21-19-33/h1-13,25,27,34H,14-23H2. The van der Waals surface area contributed by atoms with Crippen LogP contribution in [-0.2, 0) is 9.53 Å². The number of benzene rings is 3. The molecule has 2 saturated heterocycles. The maximum atomic E-state index is 12.4. The molecule has 2 fully saturated rings. The van der Waals surface area contributed by atoms with E-state index in [4.69, 9.17) is 9.47 Å². The Morgan fingerprint density at radius 1 is 0.973 bits per heavy atom. The lowest BCUT2D eigenvalue weighted by molar-refractivity contribution is -0.129. The Balaban J connectivity index is 1.11. The van der Waals surface area contributed by atoms with E-state index in [0.29, 0.717) is 44.5 Å². The van der Waals surface area contributed by atoms with Crippen LogP contribution < -0.4 is 4.74 Å². The molecule has 194 valence electrons. The van der Waals surface area contributed by atoms with Crippen LogP contribution in [0.2, 0.25) is 0 Å². The van der Waals surface area contributed by atoms with Gasteiger partial charge in [-0.1, -0.05) is 60.7 Å². The lowest BCUT2D eigenvalue weighted by Gasteiger charge is -2.33. The Morgan fingerprint density at radius 3 is 2.54 bits per heavy atom. The van der Waals surface area contributed by atoms with Crippen molar-refractivity contribution in [1.82, 2.24) is 9.80 Å². The molecule has 0 aromatic heterocycles. The summed E-state index contributed by atoms with van der Waals surface area (Å²) in [5, 5.41) is 13.4. The molecule has 6 heteroatoms. The van der Waals surface area contributed by atoms with Gasteiger partial charge in [0.05, 0.1) is 13.2 Å². The average Bonchev–Trinajstić information content (AvgIpc) is 2.96. The van der Waals surface area contributed by atoms with E-state index in [1.807, 2.05) is 24.3 Å². The van der Waals surface area contributed by atoms with Gasteiger partial charge in [-0.3, -0.25) is 4.79 Å². The number of amides is 1. The molecule has 1 atom stereocenters. The van der Waals surface area contributed by atoms with Crippen LogP contribution in [0.5, 0.6) is 5.75 Å². The molecular formula is C31H36N2O4. The fourth-order valence-electron chi connectivity index (χ4n) is 5.37. The van der Waals surface area contributed by atoms with Gasteiger partial charge in [0.2, 0.25) is 5.91 Å². The van der Waals surface area contributed by atoms with Crippen LogP contribution in [0.25, 0.3) is 16.8 Å². The minimum Gasteiger partial charge on any atom is -0.490 e. The molecular weight excluding hydrogens is 464 g/mol. The normalized spacial score (nSPS) is 18.4. The van der Waals surface area contributed by atoms with Crippen molar-refractivity contribution in [3.8, 4) is 5.75 Å². The highest BCUT2D eigenvalue weighted by molar-refractivity contribution is 5.92. The monoisotopic (exact) mass is 500 g/mol. The van der Waals surface area contributed by atoms with Crippen LogP contribution in [0.15, 0.2) is 72.8 Å². The Bertz CT molecular complexity index is 1210. The molecule has 0 saturated carbocycles. The highest BCUT2D eigenvalue weighted by atomic mass is 16.5. The number of β-amino-alcohol motifs (C(OH)–C–C–N with tert-alkyl or cyclic N) is 1. The summed E-state index contributed by atoms with van der Waals surface area (Å²) in [4.78, 5) is 16.6. The molecule has 0 aliphatic carbocycles. The SMILES string of the molecule is O=C(C=Cc1ccccc1OCC(O)CN1CCC(c2cccc3ccccc23)CC1)N1CCOCC1. The first-order chi connectivity index (χ1) is 18.2. The topological polar surface area (TPSA) is 62.2 Å². The Morgan fingerprint density at radius 2 is 1.70 bits per heavy atom. The first kappa shape index (κ1) is 25.5. The molecule has 2 aliphatic heterocycles. The van der Waals surface area contributed by atoms with Gasteiger partial charge in [0.1, 0.15) is 18.5 Å². The van der Waals surface area contributed by atoms with E-state index in [2.05, 4.69) is 47.4 Å². The van der Waals surface area contributed by atoms with Gasteiger partial charge in [0.15, 0.2) is 0 Å². The zero-order chi connectivity index (χ0) is 25.5. The number of rotatable bonds is 8. The average molecular weight is 501 g/mol. The van der Waals surface area contributed by atoms with Gasteiger partial charge in [0.25, 0.3) is 0 Å². The van der Waals surface area contributed by atoms with E-state index in [1.165, 1.54) is 16.3 Å². The summed E-state index contributed by atoms with van der Waals surface area (Å²) >= 11 is 0. The van der Waals surface area contributed by atoms with Crippen molar-refractivity contribution < 1.29 is 19.4 Å². The molecule has 5 rings (SSSR count). The van der Waals surface area contributed by atoms with Gasteiger partial charge < -0.3 is 24.4 Å². The Labute approximate surface area is 219 Å². The van der Waals surface area contributed by atoms with E-state index >= 15 is 0 Å². The van der Waals surface area contributed by atoms with Crippen LogP contribution in [-0.4, -0.2) is 79.5 Å². The maximum absolute atomic E-state index is 12.4. The first-order valence-electron chi connectivity index (χ1n) is 13.3. The number of likely N-dealkylation sites (tertiary alicyclic amines) is 1. The zero-order valence-electron chi connectivity index (χ0n) is 21.3. The van der Waals surface area contributed by atoms with Gasteiger partial charge in [-0.15, -0.1) is 0 Å². The Kier molecular flexibility index (Phi) is 8.51. The second-order valence-corrected chi connectivity index (χ2v) is 9.92. The van der Waals surface area contributed by atoms with Crippen LogP contribution in [0.3, 0.4) is 0 Å². The van der Waals surface area contributed by atoms with Gasteiger partial charge in [-0.2, -0.15) is 0 Å². The van der Waals surface area contributed by atoms with Crippen LogP contribution in [0.1, 0.15) is 29.9 Å². The molecule has 2 heterocycles. The number of ether oxygens (including phenoxy) is 2. The number of nitrogens with zero attached hydrogens (tertiary/aromatic N) is 2. The molecule has 0 spiro atoms. The third kappa shape index (κ3) is 6.58. The highest BCUT2D eigenvalue weighted by Crippen LogP contribution is 2.33. The lowest BCUT2D eigenvalue weighted by atomic mass is 9.86. The maximum Gasteiger partial charge on any atom is 0.246 e. The zero-order valence-corrected chi connectivity index (χ0v) is 21.3. The summed E-state index contributed by atoms with van der Waals surface area (Å²) in [6, 6.07) is 22.9. The Hall–Kier alpha value is -3.19. The highest BCUT2D eigenvalue weighted by Gasteiger charge is 2.23. The molecule has 2 aliphatic rings.